The maximum Gasteiger partial charge on any atom is 0.124 e. The van der Waals surface area contributed by atoms with Crippen LogP contribution in [0.15, 0.2) is 48.8 Å². The van der Waals surface area contributed by atoms with Gasteiger partial charge in [0, 0.05) is 11.6 Å². The fourth-order valence-electron chi connectivity index (χ4n) is 2.01. The van der Waals surface area contributed by atoms with E-state index in [0.29, 0.717) is 6.54 Å². The van der Waals surface area contributed by atoms with Crippen LogP contribution in [0.25, 0.3) is 11.0 Å². The Kier molecular flexibility index (Phi) is 2.41. The van der Waals surface area contributed by atoms with E-state index in [1.54, 1.807) is 18.5 Å². The van der Waals surface area contributed by atoms with Gasteiger partial charge in [-0.2, -0.15) is 0 Å². The zero-order chi connectivity index (χ0) is 12.5. The van der Waals surface area contributed by atoms with Crippen molar-refractivity contribution >= 4 is 11.0 Å². The highest BCUT2D eigenvalue weighted by Crippen LogP contribution is 2.24. The molecular weight excluding hydrogens is 228 g/mol. The summed E-state index contributed by atoms with van der Waals surface area (Å²) in [5.41, 5.74) is 2.69. The van der Waals surface area contributed by atoms with Gasteiger partial charge in [-0.25, -0.2) is 4.98 Å². The van der Waals surface area contributed by atoms with E-state index in [9.17, 15) is 10.2 Å². The second-order valence-electron chi connectivity index (χ2n) is 4.17. The van der Waals surface area contributed by atoms with Gasteiger partial charge in [0.2, 0.25) is 0 Å². The summed E-state index contributed by atoms with van der Waals surface area (Å²) in [5.74, 6) is 0.152. The average molecular weight is 240 g/mol. The van der Waals surface area contributed by atoms with E-state index in [0.717, 1.165) is 16.6 Å². The summed E-state index contributed by atoms with van der Waals surface area (Å²) in [6, 6.07) is 12.4. The predicted octanol–water partition coefficient (Wildman–Crippen LogP) is 2.50. The van der Waals surface area contributed by atoms with Gasteiger partial charge in [0.15, 0.2) is 0 Å². The van der Waals surface area contributed by atoms with E-state index in [2.05, 4.69) is 4.98 Å². The van der Waals surface area contributed by atoms with Crippen molar-refractivity contribution in [1.82, 2.24) is 9.55 Å². The van der Waals surface area contributed by atoms with Crippen LogP contribution in [-0.4, -0.2) is 19.8 Å². The van der Waals surface area contributed by atoms with E-state index in [-0.39, 0.29) is 11.5 Å². The molecule has 0 atom stereocenters. The molecule has 1 heterocycles. The van der Waals surface area contributed by atoms with Crippen LogP contribution in [0.5, 0.6) is 11.5 Å². The van der Waals surface area contributed by atoms with E-state index < -0.39 is 0 Å². The number of fused-ring (bicyclic) bond motifs is 1. The van der Waals surface area contributed by atoms with Crippen molar-refractivity contribution in [3.63, 3.8) is 0 Å². The van der Waals surface area contributed by atoms with Crippen molar-refractivity contribution in [3.8, 4) is 11.5 Å². The molecule has 0 bridgehead atoms. The number of rotatable bonds is 2. The monoisotopic (exact) mass is 240 g/mol. The number of phenols is 2. The zero-order valence-electron chi connectivity index (χ0n) is 9.61. The summed E-state index contributed by atoms with van der Waals surface area (Å²) in [6.45, 7) is 0.520. The number of benzene rings is 2. The van der Waals surface area contributed by atoms with Crippen LogP contribution in [-0.2, 0) is 6.54 Å². The summed E-state index contributed by atoms with van der Waals surface area (Å²) in [6.07, 6.45) is 1.75. The Morgan fingerprint density at radius 2 is 1.89 bits per heavy atom. The van der Waals surface area contributed by atoms with Gasteiger partial charge in [0.1, 0.15) is 11.5 Å². The molecule has 0 aliphatic carbocycles. The molecule has 4 heteroatoms. The topological polar surface area (TPSA) is 58.3 Å². The lowest BCUT2D eigenvalue weighted by molar-refractivity contribution is 0.445. The molecule has 0 aliphatic rings. The van der Waals surface area contributed by atoms with Crippen LogP contribution in [0.4, 0.5) is 0 Å². The minimum absolute atomic E-state index is 0.0618. The van der Waals surface area contributed by atoms with Crippen molar-refractivity contribution in [2.24, 2.45) is 0 Å². The third-order valence-electron chi connectivity index (χ3n) is 2.94. The molecule has 18 heavy (non-hydrogen) atoms. The van der Waals surface area contributed by atoms with Crippen molar-refractivity contribution < 1.29 is 10.2 Å². The first kappa shape index (κ1) is 10.7. The third kappa shape index (κ3) is 1.78. The quantitative estimate of drug-likeness (QED) is 0.723. The number of aromatic nitrogens is 2. The molecule has 0 saturated heterocycles. The summed E-state index contributed by atoms with van der Waals surface area (Å²) >= 11 is 0. The van der Waals surface area contributed by atoms with Gasteiger partial charge in [0.25, 0.3) is 0 Å². The molecule has 4 nitrogen and oxygen atoms in total. The van der Waals surface area contributed by atoms with Crippen LogP contribution in [0.1, 0.15) is 5.56 Å². The molecule has 3 aromatic rings. The molecule has 2 N–H and O–H groups in total. The third-order valence-corrected chi connectivity index (χ3v) is 2.94. The van der Waals surface area contributed by atoms with Crippen molar-refractivity contribution in [3.05, 3.63) is 54.4 Å². The Hall–Kier alpha value is -2.49. The van der Waals surface area contributed by atoms with Crippen molar-refractivity contribution in [1.29, 1.82) is 0 Å². The Morgan fingerprint density at radius 3 is 2.72 bits per heavy atom. The average Bonchev–Trinajstić information content (AvgIpc) is 2.76. The molecule has 0 aliphatic heterocycles. The number of para-hydroxylation sites is 2. The standard InChI is InChI=1S/C14H12N2O2/c17-11-6-5-10(14(18)7-11)8-16-9-15-12-3-1-2-4-13(12)16/h1-7,9,17-18H,8H2. The van der Waals surface area contributed by atoms with Crippen LogP contribution in [0.3, 0.4) is 0 Å². The predicted molar refractivity (Wildman–Crippen MR) is 68.6 cm³/mol. The van der Waals surface area contributed by atoms with Crippen LogP contribution < -0.4 is 0 Å². The van der Waals surface area contributed by atoms with Gasteiger partial charge in [-0.1, -0.05) is 12.1 Å². The number of nitrogens with zero attached hydrogens (tertiary/aromatic N) is 2. The Labute approximate surface area is 104 Å². The van der Waals surface area contributed by atoms with E-state index in [1.165, 1.54) is 6.07 Å². The van der Waals surface area contributed by atoms with Crippen molar-refractivity contribution in [2.45, 2.75) is 6.54 Å². The molecule has 3 rings (SSSR count). The molecule has 0 amide bonds. The van der Waals surface area contributed by atoms with Gasteiger partial charge >= 0.3 is 0 Å². The normalized spacial score (nSPS) is 10.9. The molecule has 1 aromatic heterocycles. The highest BCUT2D eigenvalue weighted by Gasteiger charge is 2.06. The molecule has 0 unspecified atom stereocenters. The summed E-state index contributed by atoms with van der Waals surface area (Å²) in [4.78, 5) is 4.29. The van der Waals surface area contributed by atoms with Crippen LogP contribution in [0.2, 0.25) is 0 Å². The molecule has 90 valence electrons. The fraction of sp³-hybridized carbons (Fsp3) is 0.0714. The maximum atomic E-state index is 9.77. The zero-order valence-corrected chi connectivity index (χ0v) is 9.61. The van der Waals surface area contributed by atoms with Gasteiger partial charge in [-0.3, -0.25) is 0 Å². The number of aromatic hydroxyl groups is 2. The molecule has 0 spiro atoms. The minimum Gasteiger partial charge on any atom is -0.508 e. The minimum atomic E-state index is 0.0618. The highest BCUT2D eigenvalue weighted by molar-refractivity contribution is 5.75. The first-order valence-electron chi connectivity index (χ1n) is 5.65. The molecule has 0 saturated carbocycles. The van der Waals surface area contributed by atoms with Crippen LogP contribution >= 0.6 is 0 Å². The Bertz CT molecular complexity index is 704. The molecule has 0 radical (unpaired) electrons. The number of hydrogen-bond donors (Lipinski definition) is 2. The van der Waals surface area contributed by atoms with Crippen molar-refractivity contribution in [2.75, 3.05) is 0 Å². The molecular formula is C14H12N2O2. The first-order chi connectivity index (χ1) is 8.74. The lowest BCUT2D eigenvalue weighted by atomic mass is 10.2. The maximum absolute atomic E-state index is 9.77. The highest BCUT2D eigenvalue weighted by atomic mass is 16.3. The first-order valence-corrected chi connectivity index (χ1v) is 5.65. The summed E-state index contributed by atoms with van der Waals surface area (Å²) in [5, 5.41) is 19.0. The van der Waals surface area contributed by atoms with Gasteiger partial charge in [-0.05, 0) is 24.3 Å². The summed E-state index contributed by atoms with van der Waals surface area (Å²) in [7, 11) is 0. The SMILES string of the molecule is Oc1ccc(Cn2cnc3ccccc32)c(O)c1. The lowest BCUT2D eigenvalue weighted by Gasteiger charge is -2.07. The fourth-order valence-corrected chi connectivity index (χ4v) is 2.01. The van der Waals surface area contributed by atoms with Gasteiger partial charge < -0.3 is 14.8 Å². The largest absolute Gasteiger partial charge is 0.508 e. The number of hydrogen-bond acceptors (Lipinski definition) is 3. The smallest absolute Gasteiger partial charge is 0.124 e. The molecule has 2 aromatic carbocycles. The second kappa shape index (κ2) is 4.07. The Morgan fingerprint density at radius 1 is 1.06 bits per heavy atom. The van der Waals surface area contributed by atoms with E-state index in [4.69, 9.17) is 0 Å². The lowest BCUT2D eigenvalue weighted by Crippen LogP contribution is -1.98. The Balaban J connectivity index is 2.01. The van der Waals surface area contributed by atoms with E-state index >= 15 is 0 Å². The summed E-state index contributed by atoms with van der Waals surface area (Å²) < 4.78 is 1.96. The number of phenolic OH excluding ortho intramolecular Hbond substituents is 2. The molecule has 0 fully saturated rings. The van der Waals surface area contributed by atoms with Gasteiger partial charge in [0.05, 0.1) is 23.9 Å². The van der Waals surface area contributed by atoms with Crippen LogP contribution in [0, 0.1) is 0 Å². The van der Waals surface area contributed by atoms with E-state index in [1.807, 2.05) is 28.8 Å². The van der Waals surface area contributed by atoms with Gasteiger partial charge in [-0.15, -0.1) is 0 Å². The number of imidazole rings is 1. The second-order valence-corrected chi connectivity index (χ2v) is 4.17.